The van der Waals surface area contributed by atoms with E-state index in [9.17, 15) is 9.50 Å². The van der Waals surface area contributed by atoms with Gasteiger partial charge in [0.25, 0.3) is 0 Å². The Balaban J connectivity index is 2.02. The smallest absolute Gasteiger partial charge is 0.222 e. The number of nitrogens with zero attached hydrogens (tertiary/aromatic N) is 3. The number of ether oxygens (including phenoxy) is 2. The Labute approximate surface area is 182 Å². The fraction of sp³-hybridized carbons (Fsp3) is 0.375. The van der Waals surface area contributed by atoms with Gasteiger partial charge in [-0.3, -0.25) is 4.90 Å². The number of para-hydroxylation sites is 1. The van der Waals surface area contributed by atoms with Crippen molar-refractivity contribution in [3.05, 3.63) is 66.0 Å². The summed E-state index contributed by atoms with van der Waals surface area (Å²) in [6.07, 6.45) is 0.199. The van der Waals surface area contributed by atoms with Crippen molar-refractivity contribution in [2.24, 2.45) is 7.05 Å². The van der Waals surface area contributed by atoms with E-state index in [2.05, 4.69) is 10.00 Å². The molecule has 0 bridgehead atoms. The molecule has 0 unspecified atom stereocenters. The predicted molar refractivity (Wildman–Crippen MR) is 119 cm³/mol. The summed E-state index contributed by atoms with van der Waals surface area (Å²) in [6.45, 7) is 4.08. The molecule has 0 fully saturated rings. The quantitative estimate of drug-likeness (QED) is 0.496. The van der Waals surface area contributed by atoms with Crippen molar-refractivity contribution < 1.29 is 19.0 Å². The Bertz CT molecular complexity index is 962. The second-order valence-corrected chi connectivity index (χ2v) is 7.44. The first kappa shape index (κ1) is 22.9. The van der Waals surface area contributed by atoms with E-state index in [1.165, 1.54) is 6.07 Å². The second kappa shape index (κ2) is 11.0. The van der Waals surface area contributed by atoms with Crippen LogP contribution in [0.25, 0.3) is 11.3 Å². The van der Waals surface area contributed by atoms with E-state index < -0.39 is 11.9 Å². The molecule has 0 saturated carbocycles. The highest BCUT2D eigenvalue weighted by atomic mass is 19.1. The van der Waals surface area contributed by atoms with E-state index in [1.54, 1.807) is 37.0 Å². The van der Waals surface area contributed by atoms with Crippen LogP contribution in [0.3, 0.4) is 0 Å². The lowest BCUT2D eigenvalue weighted by molar-refractivity contribution is 0.0827. The summed E-state index contributed by atoms with van der Waals surface area (Å²) in [5, 5.41) is 14.9. The molecule has 166 valence electrons. The number of benzene rings is 2. The van der Waals surface area contributed by atoms with E-state index in [4.69, 9.17) is 9.47 Å². The highest BCUT2D eigenvalue weighted by Crippen LogP contribution is 2.34. The summed E-state index contributed by atoms with van der Waals surface area (Å²) < 4.78 is 27.2. The molecule has 31 heavy (non-hydrogen) atoms. The van der Waals surface area contributed by atoms with Crippen molar-refractivity contribution in [2.45, 2.75) is 26.0 Å². The van der Waals surface area contributed by atoms with E-state index >= 15 is 0 Å². The summed E-state index contributed by atoms with van der Waals surface area (Å²) >= 11 is 0. The van der Waals surface area contributed by atoms with E-state index in [-0.39, 0.29) is 5.75 Å². The van der Waals surface area contributed by atoms with Gasteiger partial charge in [0.2, 0.25) is 5.88 Å². The first-order valence-corrected chi connectivity index (χ1v) is 10.5. The highest BCUT2D eigenvalue weighted by Gasteiger charge is 2.23. The highest BCUT2D eigenvalue weighted by molar-refractivity contribution is 5.65. The minimum Gasteiger partial charge on any atom is -0.436 e. The third kappa shape index (κ3) is 5.91. The molecule has 7 heteroatoms. The topological polar surface area (TPSA) is 59.8 Å². The number of hydrogen-bond acceptors (Lipinski definition) is 5. The molecule has 2 aromatic carbocycles. The summed E-state index contributed by atoms with van der Waals surface area (Å²) in [6, 6.07) is 16.1. The van der Waals surface area contributed by atoms with Crippen LogP contribution in [-0.2, 0) is 18.3 Å². The Morgan fingerprint density at radius 3 is 2.52 bits per heavy atom. The van der Waals surface area contributed by atoms with Gasteiger partial charge < -0.3 is 14.6 Å². The Hall–Kier alpha value is -2.74. The molecule has 1 atom stereocenters. The number of rotatable bonds is 11. The van der Waals surface area contributed by atoms with Gasteiger partial charge in [-0.05, 0) is 18.6 Å². The molecular formula is C24H30FN3O3. The lowest BCUT2D eigenvalue weighted by Gasteiger charge is -2.25. The van der Waals surface area contributed by atoms with Crippen LogP contribution in [0.2, 0.25) is 0 Å². The average Bonchev–Trinajstić information content (AvgIpc) is 3.09. The SMILES string of the molecule is CC[C@@H](O)CN(CCOC)Cc1c(-c2ccccc2)nn(C)c1Oc1ccccc1F. The zero-order valence-electron chi connectivity index (χ0n) is 18.3. The lowest BCUT2D eigenvalue weighted by Crippen LogP contribution is -2.34. The van der Waals surface area contributed by atoms with Crippen LogP contribution >= 0.6 is 0 Å². The molecule has 0 saturated heterocycles. The molecule has 0 radical (unpaired) electrons. The number of aliphatic hydroxyl groups excluding tert-OH is 1. The van der Waals surface area contributed by atoms with Gasteiger partial charge in [0.05, 0.1) is 18.3 Å². The zero-order valence-corrected chi connectivity index (χ0v) is 18.3. The van der Waals surface area contributed by atoms with Gasteiger partial charge in [-0.2, -0.15) is 5.10 Å². The maximum Gasteiger partial charge on any atom is 0.222 e. The predicted octanol–water partition coefficient (Wildman–Crippen LogP) is 4.24. The standard InChI is InChI=1S/C24H30FN3O3/c1-4-19(29)16-28(14-15-30-3)17-20-23(18-10-6-5-7-11-18)26-27(2)24(20)31-22-13-9-8-12-21(22)25/h5-13,19,29H,4,14-17H2,1-3H3/t19-/m1/s1. The summed E-state index contributed by atoms with van der Waals surface area (Å²) in [7, 11) is 3.44. The maximum absolute atomic E-state index is 14.3. The molecule has 1 N–H and O–H groups in total. The second-order valence-electron chi connectivity index (χ2n) is 7.44. The molecule has 0 spiro atoms. The van der Waals surface area contributed by atoms with Gasteiger partial charge >= 0.3 is 0 Å². The van der Waals surface area contributed by atoms with Crippen LogP contribution in [0.5, 0.6) is 11.6 Å². The third-order valence-corrected chi connectivity index (χ3v) is 5.11. The number of methoxy groups -OCH3 is 1. The minimum atomic E-state index is -0.454. The summed E-state index contributed by atoms with van der Waals surface area (Å²) in [4.78, 5) is 2.11. The maximum atomic E-state index is 14.3. The van der Waals surface area contributed by atoms with Gasteiger partial charge in [0, 0.05) is 39.4 Å². The van der Waals surface area contributed by atoms with E-state index in [1.807, 2.05) is 37.3 Å². The van der Waals surface area contributed by atoms with Crippen LogP contribution in [-0.4, -0.2) is 52.7 Å². The molecule has 0 aliphatic carbocycles. The van der Waals surface area contributed by atoms with Crippen molar-refractivity contribution >= 4 is 0 Å². The zero-order chi connectivity index (χ0) is 22.2. The number of aryl methyl sites for hydroxylation is 1. The van der Waals surface area contributed by atoms with Crippen molar-refractivity contribution in [1.82, 2.24) is 14.7 Å². The monoisotopic (exact) mass is 427 g/mol. The Morgan fingerprint density at radius 1 is 1.13 bits per heavy atom. The lowest BCUT2D eigenvalue weighted by atomic mass is 10.1. The van der Waals surface area contributed by atoms with Crippen molar-refractivity contribution in [3.8, 4) is 22.9 Å². The normalized spacial score (nSPS) is 12.3. The van der Waals surface area contributed by atoms with Crippen LogP contribution in [0.4, 0.5) is 4.39 Å². The van der Waals surface area contributed by atoms with Crippen LogP contribution < -0.4 is 4.74 Å². The average molecular weight is 428 g/mol. The molecule has 0 aliphatic heterocycles. The van der Waals surface area contributed by atoms with Crippen LogP contribution in [0.15, 0.2) is 54.6 Å². The van der Waals surface area contributed by atoms with Gasteiger partial charge in [-0.15, -0.1) is 0 Å². The number of aliphatic hydroxyl groups is 1. The molecule has 1 aromatic heterocycles. The third-order valence-electron chi connectivity index (χ3n) is 5.11. The molecule has 3 aromatic rings. The molecule has 1 heterocycles. The van der Waals surface area contributed by atoms with Gasteiger partial charge in [-0.25, -0.2) is 9.07 Å². The number of aromatic nitrogens is 2. The fourth-order valence-corrected chi connectivity index (χ4v) is 3.39. The van der Waals surface area contributed by atoms with Crippen LogP contribution in [0, 0.1) is 5.82 Å². The van der Waals surface area contributed by atoms with Gasteiger partial charge in [0.15, 0.2) is 11.6 Å². The first-order valence-electron chi connectivity index (χ1n) is 10.5. The van der Waals surface area contributed by atoms with Crippen LogP contribution in [0.1, 0.15) is 18.9 Å². The minimum absolute atomic E-state index is 0.142. The molecule has 0 aliphatic rings. The Morgan fingerprint density at radius 2 is 1.84 bits per heavy atom. The number of halogens is 1. The van der Waals surface area contributed by atoms with Crippen molar-refractivity contribution in [3.63, 3.8) is 0 Å². The summed E-state index contributed by atoms with van der Waals surface area (Å²) in [5.41, 5.74) is 2.54. The van der Waals surface area contributed by atoms with Crippen molar-refractivity contribution in [2.75, 3.05) is 26.8 Å². The van der Waals surface area contributed by atoms with E-state index in [0.717, 1.165) is 16.8 Å². The Kier molecular flexibility index (Phi) is 8.17. The number of hydrogen-bond donors (Lipinski definition) is 1. The van der Waals surface area contributed by atoms with Crippen molar-refractivity contribution in [1.29, 1.82) is 0 Å². The molecule has 6 nitrogen and oxygen atoms in total. The first-order chi connectivity index (χ1) is 15.0. The largest absolute Gasteiger partial charge is 0.436 e. The molecule has 3 rings (SSSR count). The van der Waals surface area contributed by atoms with Gasteiger partial charge in [-0.1, -0.05) is 49.4 Å². The van der Waals surface area contributed by atoms with E-state index in [0.29, 0.717) is 38.5 Å². The molecule has 0 amide bonds. The fourth-order valence-electron chi connectivity index (χ4n) is 3.39. The summed E-state index contributed by atoms with van der Waals surface area (Å²) in [5.74, 6) is 0.175. The molecular weight excluding hydrogens is 397 g/mol. The van der Waals surface area contributed by atoms with Gasteiger partial charge in [0.1, 0.15) is 5.69 Å².